The molecule has 2 heterocycles. The molecule has 3 aromatic rings. The first-order chi connectivity index (χ1) is 17.0. The van der Waals surface area contributed by atoms with E-state index in [1.807, 2.05) is 41.3 Å². The normalized spacial score (nSPS) is 18.3. The topological polar surface area (TPSA) is 62.3 Å². The predicted molar refractivity (Wildman–Crippen MR) is 133 cm³/mol. The molecule has 1 aromatic heterocycles. The van der Waals surface area contributed by atoms with Gasteiger partial charge in [0.15, 0.2) is 0 Å². The zero-order valence-electron chi connectivity index (χ0n) is 19.8. The lowest BCUT2D eigenvalue weighted by Gasteiger charge is -2.33. The number of hydrogen-bond donors (Lipinski definition) is 1. The monoisotopic (exact) mass is 471 g/mol. The number of benzene rings is 2. The van der Waals surface area contributed by atoms with E-state index in [0.29, 0.717) is 25.2 Å². The Morgan fingerprint density at radius 2 is 1.57 bits per heavy atom. The fraction of sp³-hybridized carbons (Fsp3) is 0.345. The average molecular weight is 472 g/mol. The van der Waals surface area contributed by atoms with Crippen LogP contribution in [0.3, 0.4) is 0 Å². The largest absolute Gasteiger partial charge is 0.356 e. The number of aryl methyl sites for hydroxylation is 1. The highest BCUT2D eigenvalue weighted by Crippen LogP contribution is 2.59. The Hall–Kier alpha value is -3.54. The highest BCUT2D eigenvalue weighted by Gasteiger charge is 2.58. The molecule has 2 aliphatic rings. The summed E-state index contributed by atoms with van der Waals surface area (Å²) in [6.45, 7) is 2.06. The summed E-state index contributed by atoms with van der Waals surface area (Å²) in [5.41, 5.74) is 3.83. The van der Waals surface area contributed by atoms with Crippen LogP contribution in [0.1, 0.15) is 41.6 Å². The maximum Gasteiger partial charge on any atom is 0.253 e. The molecule has 2 aromatic carbocycles. The summed E-state index contributed by atoms with van der Waals surface area (Å²) < 4.78 is 13.2. The SMILES string of the molecule is O=C(NCCCc1ccncc1)[C@H]1CC12CCN(C(=O)c1ccc(-c3ccc(F)cc3)cc1)CC2. The van der Waals surface area contributed by atoms with Crippen molar-refractivity contribution < 1.29 is 14.0 Å². The molecule has 180 valence electrons. The maximum absolute atomic E-state index is 13.2. The third kappa shape index (κ3) is 5.26. The van der Waals surface area contributed by atoms with Crippen molar-refractivity contribution in [2.45, 2.75) is 32.1 Å². The van der Waals surface area contributed by atoms with Gasteiger partial charge in [-0.05, 0) is 90.6 Å². The molecule has 0 bridgehead atoms. The zero-order chi connectivity index (χ0) is 24.3. The van der Waals surface area contributed by atoms with Crippen LogP contribution in [0.15, 0.2) is 73.1 Å². The van der Waals surface area contributed by atoms with Crippen molar-refractivity contribution in [3.05, 3.63) is 90.0 Å². The molecule has 1 saturated carbocycles. The summed E-state index contributed by atoms with van der Waals surface area (Å²) in [6.07, 6.45) is 8.11. The van der Waals surface area contributed by atoms with E-state index in [1.54, 1.807) is 24.5 Å². The predicted octanol–water partition coefficient (Wildman–Crippen LogP) is 4.88. The van der Waals surface area contributed by atoms with Gasteiger partial charge in [0.2, 0.25) is 5.91 Å². The van der Waals surface area contributed by atoms with Gasteiger partial charge in [-0.15, -0.1) is 0 Å². The summed E-state index contributed by atoms with van der Waals surface area (Å²) in [4.78, 5) is 31.6. The van der Waals surface area contributed by atoms with Crippen LogP contribution >= 0.6 is 0 Å². The number of aromatic nitrogens is 1. The minimum Gasteiger partial charge on any atom is -0.356 e. The maximum atomic E-state index is 13.2. The molecule has 0 unspecified atom stereocenters. The molecule has 6 heteroatoms. The van der Waals surface area contributed by atoms with Gasteiger partial charge in [0.1, 0.15) is 5.82 Å². The van der Waals surface area contributed by atoms with Gasteiger partial charge in [0.05, 0.1) is 0 Å². The third-order valence-electron chi connectivity index (χ3n) is 7.55. The molecule has 2 amide bonds. The van der Waals surface area contributed by atoms with E-state index in [1.165, 1.54) is 17.7 Å². The molecular weight excluding hydrogens is 441 g/mol. The van der Waals surface area contributed by atoms with Crippen LogP contribution in [0.25, 0.3) is 11.1 Å². The van der Waals surface area contributed by atoms with Gasteiger partial charge in [-0.1, -0.05) is 24.3 Å². The second kappa shape index (κ2) is 9.98. The fourth-order valence-electron chi connectivity index (χ4n) is 5.23. The van der Waals surface area contributed by atoms with Gasteiger partial charge >= 0.3 is 0 Å². The summed E-state index contributed by atoms with van der Waals surface area (Å²) in [5, 5.41) is 3.11. The van der Waals surface area contributed by atoms with Gasteiger partial charge < -0.3 is 10.2 Å². The number of halogens is 1. The first-order valence-electron chi connectivity index (χ1n) is 12.4. The number of carbonyl (C=O) groups is 2. The lowest BCUT2D eigenvalue weighted by Crippen LogP contribution is -2.40. The lowest BCUT2D eigenvalue weighted by atomic mass is 9.90. The summed E-state index contributed by atoms with van der Waals surface area (Å²) in [6, 6.07) is 17.8. The van der Waals surface area contributed by atoms with Crippen molar-refractivity contribution in [2.24, 2.45) is 11.3 Å². The molecule has 1 N–H and O–H groups in total. The van der Waals surface area contributed by atoms with Gasteiger partial charge in [-0.25, -0.2) is 4.39 Å². The number of rotatable bonds is 7. The smallest absolute Gasteiger partial charge is 0.253 e. The number of amides is 2. The van der Waals surface area contributed by atoms with Crippen molar-refractivity contribution in [2.75, 3.05) is 19.6 Å². The van der Waals surface area contributed by atoms with Crippen molar-refractivity contribution in [1.29, 1.82) is 0 Å². The molecular formula is C29H30FN3O2. The van der Waals surface area contributed by atoms with Gasteiger partial charge in [0.25, 0.3) is 5.91 Å². The average Bonchev–Trinajstić information content (AvgIpc) is 3.61. The Labute approximate surface area is 205 Å². The highest BCUT2D eigenvalue weighted by molar-refractivity contribution is 5.95. The van der Waals surface area contributed by atoms with Crippen molar-refractivity contribution >= 4 is 11.8 Å². The quantitative estimate of drug-likeness (QED) is 0.500. The van der Waals surface area contributed by atoms with Crippen LogP contribution < -0.4 is 5.32 Å². The highest BCUT2D eigenvalue weighted by atomic mass is 19.1. The minimum absolute atomic E-state index is 0.0308. The molecule has 5 rings (SSSR count). The number of carbonyl (C=O) groups excluding carboxylic acids is 2. The first kappa shape index (κ1) is 23.2. The minimum atomic E-state index is -0.264. The molecule has 1 saturated heterocycles. The van der Waals surface area contributed by atoms with Crippen LogP contribution in [0.5, 0.6) is 0 Å². The van der Waals surface area contributed by atoms with E-state index >= 15 is 0 Å². The Kier molecular flexibility index (Phi) is 6.62. The number of piperidine rings is 1. The third-order valence-corrected chi connectivity index (χ3v) is 7.55. The van der Waals surface area contributed by atoms with Crippen LogP contribution in [-0.2, 0) is 11.2 Å². The van der Waals surface area contributed by atoms with Crippen LogP contribution in [0.2, 0.25) is 0 Å². The molecule has 35 heavy (non-hydrogen) atoms. The number of nitrogens with one attached hydrogen (secondary N) is 1. The lowest BCUT2D eigenvalue weighted by molar-refractivity contribution is -0.123. The van der Waals surface area contributed by atoms with E-state index in [9.17, 15) is 14.0 Å². The number of nitrogens with zero attached hydrogens (tertiary/aromatic N) is 2. The summed E-state index contributed by atoms with van der Waals surface area (Å²) in [7, 11) is 0. The summed E-state index contributed by atoms with van der Waals surface area (Å²) >= 11 is 0. The second-order valence-corrected chi connectivity index (χ2v) is 9.75. The Morgan fingerprint density at radius 3 is 2.23 bits per heavy atom. The van der Waals surface area contributed by atoms with E-state index in [4.69, 9.17) is 0 Å². The van der Waals surface area contributed by atoms with Crippen LogP contribution in [-0.4, -0.2) is 41.3 Å². The van der Waals surface area contributed by atoms with Gasteiger partial charge in [-0.2, -0.15) is 0 Å². The fourth-order valence-corrected chi connectivity index (χ4v) is 5.23. The van der Waals surface area contributed by atoms with Gasteiger partial charge in [0, 0.05) is 43.5 Å². The number of pyridine rings is 1. The molecule has 0 radical (unpaired) electrons. The second-order valence-electron chi connectivity index (χ2n) is 9.75. The first-order valence-corrected chi connectivity index (χ1v) is 12.4. The standard InChI is InChI=1S/C29H30FN3O2/c30-25-9-7-23(8-10-25)22-3-5-24(6-4-22)28(35)33-18-13-29(14-19-33)20-26(29)27(34)32-15-1-2-21-11-16-31-17-12-21/h3-12,16-17,26H,1-2,13-15,18-20H2,(H,32,34)/t26-/m1/s1. The molecule has 2 fully saturated rings. The Bertz CT molecular complexity index is 1170. The molecule has 1 aliphatic heterocycles. The molecule has 1 atom stereocenters. The Morgan fingerprint density at radius 1 is 0.943 bits per heavy atom. The van der Waals surface area contributed by atoms with E-state index in [-0.39, 0.29) is 29.0 Å². The van der Waals surface area contributed by atoms with E-state index in [0.717, 1.165) is 43.2 Å². The zero-order valence-corrected chi connectivity index (χ0v) is 19.8. The van der Waals surface area contributed by atoms with Crippen LogP contribution in [0, 0.1) is 17.2 Å². The van der Waals surface area contributed by atoms with Crippen LogP contribution in [0.4, 0.5) is 4.39 Å². The molecule has 1 spiro atoms. The van der Waals surface area contributed by atoms with Gasteiger partial charge in [-0.3, -0.25) is 14.6 Å². The molecule has 5 nitrogen and oxygen atoms in total. The Balaban J connectivity index is 1.08. The van der Waals surface area contributed by atoms with Crippen molar-refractivity contribution in [3.63, 3.8) is 0 Å². The summed E-state index contributed by atoms with van der Waals surface area (Å²) in [5.74, 6) is 0.00893. The van der Waals surface area contributed by atoms with E-state index in [2.05, 4.69) is 10.3 Å². The molecule has 1 aliphatic carbocycles. The van der Waals surface area contributed by atoms with Crippen molar-refractivity contribution in [1.82, 2.24) is 15.2 Å². The van der Waals surface area contributed by atoms with Crippen molar-refractivity contribution in [3.8, 4) is 11.1 Å². The number of hydrogen-bond acceptors (Lipinski definition) is 3. The van der Waals surface area contributed by atoms with E-state index < -0.39 is 0 Å². The number of likely N-dealkylation sites (tertiary alicyclic amines) is 1.